The third-order valence-electron chi connectivity index (χ3n) is 3.35. The van der Waals surface area contributed by atoms with Crippen molar-refractivity contribution in [2.75, 3.05) is 0 Å². The molecule has 0 N–H and O–H groups in total. The predicted octanol–water partition coefficient (Wildman–Crippen LogP) is 3.81. The summed E-state index contributed by atoms with van der Waals surface area (Å²) in [7, 11) is -0.369. The van der Waals surface area contributed by atoms with Gasteiger partial charge in [0, 0.05) is 12.1 Å². The van der Waals surface area contributed by atoms with Crippen LogP contribution >= 0.6 is 30.8 Å². The highest BCUT2D eigenvalue weighted by Crippen LogP contribution is 2.36. The van der Waals surface area contributed by atoms with Crippen molar-refractivity contribution < 1.29 is 2.78 Å². The minimum absolute atomic E-state index is 0.369. The summed E-state index contributed by atoms with van der Waals surface area (Å²) in [5.41, 5.74) is 1.36. The van der Waals surface area contributed by atoms with Crippen molar-refractivity contribution in [3.63, 3.8) is 0 Å². The molecule has 0 atom stereocenters. The first kappa shape index (κ1) is 14.7. The molecule has 0 saturated carbocycles. The van der Waals surface area contributed by atoms with Crippen molar-refractivity contribution in [1.82, 2.24) is 0 Å². The van der Waals surface area contributed by atoms with E-state index in [0.717, 1.165) is 6.16 Å². The fraction of sp³-hybridized carbons (Fsp3) is 0.0556. The molecule has 1 heterocycles. The smallest absolute Gasteiger partial charge is 0.140 e. The Labute approximate surface area is 140 Å². The van der Waals surface area contributed by atoms with Gasteiger partial charge < -0.3 is 0 Å². The average Bonchev–Trinajstić information content (AvgIpc) is 2.56. The van der Waals surface area contributed by atoms with Crippen molar-refractivity contribution in [3.05, 3.63) is 90.8 Å². The standard InChI is InChI=1S/C18H16INP/c19-20-14-8-7-9-16(20)15-21(17-10-3-1-4-11-17)18-12-5-2-6-13-18/h1-14H,15H2/q+1. The Morgan fingerprint density at radius 3 is 1.76 bits per heavy atom. The number of halogens is 1. The maximum absolute atomic E-state index is 2.36. The fourth-order valence-electron chi connectivity index (χ4n) is 2.29. The number of benzene rings is 2. The van der Waals surface area contributed by atoms with Crippen LogP contribution < -0.4 is 13.4 Å². The van der Waals surface area contributed by atoms with E-state index in [1.54, 1.807) is 0 Å². The van der Waals surface area contributed by atoms with E-state index in [9.17, 15) is 0 Å². The highest BCUT2D eigenvalue weighted by molar-refractivity contribution is 14.1. The number of pyridine rings is 1. The van der Waals surface area contributed by atoms with Gasteiger partial charge in [0.05, 0.1) is 6.16 Å². The maximum atomic E-state index is 2.36. The second-order valence-electron chi connectivity index (χ2n) is 4.76. The lowest BCUT2D eigenvalue weighted by atomic mass is 10.4. The van der Waals surface area contributed by atoms with E-state index in [1.807, 2.05) is 0 Å². The predicted molar refractivity (Wildman–Crippen MR) is 98.8 cm³/mol. The van der Waals surface area contributed by atoms with Crippen LogP contribution in [-0.4, -0.2) is 0 Å². The maximum Gasteiger partial charge on any atom is 0.354 e. The molecule has 0 aliphatic carbocycles. The zero-order valence-corrected chi connectivity index (χ0v) is 14.6. The molecule has 0 amide bonds. The second-order valence-corrected chi connectivity index (χ2v) is 8.01. The van der Waals surface area contributed by atoms with Crippen LogP contribution in [0, 0.1) is 0 Å². The average molecular weight is 404 g/mol. The lowest BCUT2D eigenvalue weighted by molar-refractivity contribution is -0.449. The van der Waals surface area contributed by atoms with Gasteiger partial charge in [0.25, 0.3) is 0 Å². The first-order chi connectivity index (χ1) is 10.3. The summed E-state index contributed by atoms with van der Waals surface area (Å²) in [6.07, 6.45) is 3.17. The first-order valence-corrected chi connectivity index (χ1v) is 9.37. The molecule has 0 fully saturated rings. The number of nitrogens with zero attached hydrogens (tertiary/aromatic N) is 1. The summed E-state index contributed by atoms with van der Waals surface area (Å²) in [5.74, 6) is 0. The highest BCUT2D eigenvalue weighted by Gasteiger charge is 2.19. The molecule has 0 aliphatic heterocycles. The zero-order valence-electron chi connectivity index (χ0n) is 11.6. The molecule has 0 radical (unpaired) electrons. The van der Waals surface area contributed by atoms with E-state index < -0.39 is 0 Å². The van der Waals surface area contributed by atoms with Crippen molar-refractivity contribution in [1.29, 1.82) is 0 Å². The molecule has 2 aromatic carbocycles. The van der Waals surface area contributed by atoms with Crippen LogP contribution in [0.4, 0.5) is 0 Å². The quantitative estimate of drug-likeness (QED) is 0.460. The van der Waals surface area contributed by atoms with Crippen LogP contribution in [0.25, 0.3) is 0 Å². The van der Waals surface area contributed by atoms with Gasteiger partial charge in [0.2, 0.25) is 0 Å². The molecule has 21 heavy (non-hydrogen) atoms. The largest absolute Gasteiger partial charge is 0.354 e. The molecule has 104 valence electrons. The Bertz CT molecular complexity index is 661. The van der Waals surface area contributed by atoms with Crippen molar-refractivity contribution in [2.45, 2.75) is 6.16 Å². The molecule has 1 nitrogen and oxygen atoms in total. The fourth-order valence-corrected chi connectivity index (χ4v) is 5.38. The molecule has 0 saturated heterocycles. The monoisotopic (exact) mass is 404 g/mol. The molecule has 0 unspecified atom stereocenters. The molecule has 3 rings (SSSR count). The summed E-state index contributed by atoms with van der Waals surface area (Å²) < 4.78 is 2.19. The van der Waals surface area contributed by atoms with Crippen molar-refractivity contribution in [2.24, 2.45) is 0 Å². The zero-order chi connectivity index (χ0) is 14.5. The van der Waals surface area contributed by atoms with E-state index in [-0.39, 0.29) is 7.92 Å². The Hall–Kier alpha value is -1.25. The van der Waals surface area contributed by atoms with Gasteiger partial charge in [-0.1, -0.05) is 66.7 Å². The van der Waals surface area contributed by atoms with E-state index in [2.05, 4.69) is 111 Å². The number of aromatic nitrogens is 1. The van der Waals surface area contributed by atoms with E-state index in [4.69, 9.17) is 0 Å². The van der Waals surface area contributed by atoms with Gasteiger partial charge in [-0.2, -0.15) is 0 Å². The van der Waals surface area contributed by atoms with E-state index in [0.29, 0.717) is 0 Å². The van der Waals surface area contributed by atoms with E-state index >= 15 is 0 Å². The van der Waals surface area contributed by atoms with Crippen LogP contribution in [0.5, 0.6) is 0 Å². The van der Waals surface area contributed by atoms with Crippen LogP contribution in [0.15, 0.2) is 85.1 Å². The minimum atomic E-state index is -0.369. The summed E-state index contributed by atoms with van der Waals surface area (Å²) in [6.45, 7) is 0. The third kappa shape index (κ3) is 3.69. The number of hydrogen-bond acceptors (Lipinski definition) is 0. The molecule has 0 aliphatic rings. The molecule has 0 bridgehead atoms. The lowest BCUT2D eigenvalue weighted by Gasteiger charge is -2.17. The Kier molecular flexibility index (Phi) is 5.00. The van der Waals surface area contributed by atoms with Crippen LogP contribution in [0.1, 0.15) is 5.69 Å². The first-order valence-electron chi connectivity index (χ1n) is 6.88. The van der Waals surface area contributed by atoms with Crippen LogP contribution in [0.3, 0.4) is 0 Å². The Morgan fingerprint density at radius 2 is 1.24 bits per heavy atom. The normalized spacial score (nSPS) is 10.8. The van der Waals surface area contributed by atoms with Gasteiger partial charge in [0.15, 0.2) is 11.9 Å². The van der Waals surface area contributed by atoms with Gasteiger partial charge in [-0.05, 0) is 18.5 Å². The van der Waals surface area contributed by atoms with Gasteiger partial charge in [-0.15, -0.1) is 2.78 Å². The summed E-state index contributed by atoms with van der Waals surface area (Å²) in [5, 5.41) is 2.86. The van der Waals surface area contributed by atoms with E-state index in [1.165, 1.54) is 16.3 Å². The van der Waals surface area contributed by atoms with Crippen molar-refractivity contribution >= 4 is 41.4 Å². The molecular weight excluding hydrogens is 388 g/mol. The summed E-state index contributed by atoms with van der Waals surface area (Å²) in [6, 6.07) is 28.1. The molecular formula is C18H16INP+. The Morgan fingerprint density at radius 1 is 0.714 bits per heavy atom. The van der Waals surface area contributed by atoms with Crippen LogP contribution in [-0.2, 0) is 6.16 Å². The lowest BCUT2D eigenvalue weighted by Crippen LogP contribution is -2.26. The van der Waals surface area contributed by atoms with Gasteiger partial charge in [-0.25, -0.2) is 0 Å². The summed E-state index contributed by atoms with van der Waals surface area (Å²) >= 11 is 2.36. The van der Waals surface area contributed by atoms with Gasteiger partial charge >= 0.3 is 22.9 Å². The topological polar surface area (TPSA) is 3.88 Å². The molecule has 3 heteroatoms. The second kappa shape index (κ2) is 7.15. The SMILES string of the molecule is I[n+]1ccccc1CP(c1ccccc1)c1ccccc1. The Balaban J connectivity index is 1.99. The number of rotatable bonds is 4. The molecule has 3 aromatic rings. The number of hydrogen-bond donors (Lipinski definition) is 0. The third-order valence-corrected chi connectivity index (χ3v) is 6.77. The molecule has 1 aromatic heterocycles. The highest BCUT2D eigenvalue weighted by atomic mass is 127. The van der Waals surface area contributed by atoms with Crippen LogP contribution in [0.2, 0.25) is 0 Å². The van der Waals surface area contributed by atoms with Gasteiger partial charge in [0.1, 0.15) is 0 Å². The minimum Gasteiger partial charge on any atom is -0.140 e. The van der Waals surface area contributed by atoms with Gasteiger partial charge in [-0.3, -0.25) is 0 Å². The van der Waals surface area contributed by atoms with Crippen molar-refractivity contribution in [3.8, 4) is 0 Å². The summed E-state index contributed by atoms with van der Waals surface area (Å²) in [4.78, 5) is 0. The molecule has 0 spiro atoms.